The quantitative estimate of drug-likeness (QED) is 0.908. The Hall–Kier alpha value is -3.33. The van der Waals surface area contributed by atoms with Crippen molar-refractivity contribution in [2.75, 3.05) is 17.7 Å². The minimum atomic E-state index is -0.346. The normalized spacial score (nSPS) is 9.61. The maximum absolute atomic E-state index is 12.2. The van der Waals surface area contributed by atoms with Crippen molar-refractivity contribution in [1.29, 1.82) is 5.26 Å². The minimum Gasteiger partial charge on any atom is -0.495 e. The van der Waals surface area contributed by atoms with Gasteiger partial charge in [-0.3, -0.25) is 9.59 Å². The van der Waals surface area contributed by atoms with E-state index < -0.39 is 0 Å². The van der Waals surface area contributed by atoms with Crippen LogP contribution in [0.4, 0.5) is 11.4 Å². The standard InChI is InChI=1S/C17H15N3O3/c1-11(21)19-15-9-14(6-7-16(15)23-2)20-17(22)13-5-3-4-12(8-13)10-18/h3-9H,1-2H3,(H,19,21)(H,20,22). The highest BCUT2D eigenvalue weighted by molar-refractivity contribution is 6.05. The van der Waals surface area contributed by atoms with Crippen molar-refractivity contribution in [3.63, 3.8) is 0 Å². The lowest BCUT2D eigenvalue weighted by Crippen LogP contribution is -2.13. The Morgan fingerprint density at radius 1 is 1.13 bits per heavy atom. The molecule has 2 aromatic rings. The van der Waals surface area contributed by atoms with Gasteiger partial charge >= 0.3 is 0 Å². The fourth-order valence-electron chi connectivity index (χ4n) is 2.01. The van der Waals surface area contributed by atoms with Gasteiger partial charge in [-0.05, 0) is 36.4 Å². The summed E-state index contributed by atoms with van der Waals surface area (Å²) in [7, 11) is 1.49. The summed E-state index contributed by atoms with van der Waals surface area (Å²) in [5.41, 5.74) is 1.75. The zero-order valence-corrected chi connectivity index (χ0v) is 12.7. The molecule has 0 aliphatic heterocycles. The maximum Gasteiger partial charge on any atom is 0.255 e. The molecule has 0 unspecified atom stereocenters. The van der Waals surface area contributed by atoms with Crippen molar-refractivity contribution in [3.8, 4) is 11.8 Å². The van der Waals surface area contributed by atoms with Gasteiger partial charge in [0.05, 0.1) is 24.4 Å². The van der Waals surface area contributed by atoms with Crippen LogP contribution in [0.2, 0.25) is 0 Å². The van der Waals surface area contributed by atoms with Crippen LogP contribution in [-0.4, -0.2) is 18.9 Å². The summed E-state index contributed by atoms with van der Waals surface area (Å²) in [6, 6.07) is 13.3. The van der Waals surface area contributed by atoms with Crippen molar-refractivity contribution in [1.82, 2.24) is 0 Å². The molecule has 6 nitrogen and oxygen atoms in total. The predicted molar refractivity (Wildman–Crippen MR) is 86.4 cm³/mol. The number of hydrogen-bond donors (Lipinski definition) is 2. The van der Waals surface area contributed by atoms with E-state index in [9.17, 15) is 9.59 Å². The molecule has 0 spiro atoms. The van der Waals surface area contributed by atoms with E-state index in [1.54, 1.807) is 36.4 Å². The molecule has 2 N–H and O–H groups in total. The van der Waals surface area contributed by atoms with Crippen LogP contribution in [-0.2, 0) is 4.79 Å². The number of carbonyl (C=O) groups is 2. The number of ether oxygens (including phenoxy) is 1. The third-order valence-corrected chi connectivity index (χ3v) is 3.02. The molecule has 6 heteroatoms. The Balaban J connectivity index is 2.23. The van der Waals surface area contributed by atoms with Gasteiger partial charge in [-0.15, -0.1) is 0 Å². The molecule has 2 aromatic carbocycles. The monoisotopic (exact) mass is 309 g/mol. The number of benzene rings is 2. The van der Waals surface area contributed by atoms with Gasteiger partial charge in [0.15, 0.2) is 0 Å². The third kappa shape index (κ3) is 4.08. The molecule has 2 amide bonds. The van der Waals surface area contributed by atoms with E-state index in [1.165, 1.54) is 20.1 Å². The first kappa shape index (κ1) is 16.0. The zero-order valence-electron chi connectivity index (χ0n) is 12.7. The van der Waals surface area contributed by atoms with E-state index in [-0.39, 0.29) is 11.8 Å². The highest BCUT2D eigenvalue weighted by atomic mass is 16.5. The maximum atomic E-state index is 12.2. The first-order valence-electron chi connectivity index (χ1n) is 6.80. The summed E-state index contributed by atoms with van der Waals surface area (Å²) in [6.07, 6.45) is 0. The van der Waals surface area contributed by atoms with Crippen LogP contribution in [0, 0.1) is 11.3 Å². The molecule has 0 bridgehead atoms. The second-order valence-electron chi connectivity index (χ2n) is 4.74. The number of nitriles is 1. The van der Waals surface area contributed by atoms with Crippen molar-refractivity contribution < 1.29 is 14.3 Å². The number of nitrogens with one attached hydrogen (secondary N) is 2. The first-order valence-corrected chi connectivity index (χ1v) is 6.80. The summed E-state index contributed by atoms with van der Waals surface area (Å²) in [4.78, 5) is 23.5. The van der Waals surface area contributed by atoms with Gasteiger partial charge in [0.25, 0.3) is 5.91 Å². The smallest absolute Gasteiger partial charge is 0.255 e. The Morgan fingerprint density at radius 3 is 2.57 bits per heavy atom. The van der Waals surface area contributed by atoms with Crippen LogP contribution in [0.15, 0.2) is 42.5 Å². The number of nitrogens with zero attached hydrogens (tertiary/aromatic N) is 1. The number of amides is 2. The summed E-state index contributed by atoms with van der Waals surface area (Å²) < 4.78 is 5.16. The second-order valence-corrected chi connectivity index (χ2v) is 4.74. The number of hydrogen-bond acceptors (Lipinski definition) is 4. The van der Waals surface area contributed by atoms with E-state index in [4.69, 9.17) is 10.00 Å². The molecule has 23 heavy (non-hydrogen) atoms. The fraction of sp³-hybridized carbons (Fsp3) is 0.118. The van der Waals surface area contributed by atoms with E-state index >= 15 is 0 Å². The molecular weight excluding hydrogens is 294 g/mol. The average molecular weight is 309 g/mol. The van der Waals surface area contributed by atoms with Crippen LogP contribution in [0.3, 0.4) is 0 Å². The lowest BCUT2D eigenvalue weighted by Gasteiger charge is -2.12. The molecule has 116 valence electrons. The predicted octanol–water partition coefficient (Wildman–Crippen LogP) is 2.78. The topological polar surface area (TPSA) is 91.2 Å². The van der Waals surface area contributed by atoms with Gasteiger partial charge in [0, 0.05) is 18.2 Å². The Morgan fingerprint density at radius 2 is 1.91 bits per heavy atom. The van der Waals surface area contributed by atoms with Gasteiger partial charge in [0.1, 0.15) is 5.75 Å². The zero-order chi connectivity index (χ0) is 16.8. The third-order valence-electron chi connectivity index (χ3n) is 3.02. The number of methoxy groups -OCH3 is 1. The Bertz CT molecular complexity index is 794. The Labute approximate surface area is 133 Å². The summed E-state index contributed by atoms with van der Waals surface area (Å²) in [6.45, 7) is 1.39. The van der Waals surface area contributed by atoms with Crippen molar-refractivity contribution in [2.24, 2.45) is 0 Å². The largest absolute Gasteiger partial charge is 0.495 e. The number of anilines is 2. The molecule has 0 radical (unpaired) electrons. The Kier molecular flexibility index (Phi) is 4.95. The highest BCUT2D eigenvalue weighted by Crippen LogP contribution is 2.28. The summed E-state index contributed by atoms with van der Waals surface area (Å²) in [5, 5.41) is 14.2. The average Bonchev–Trinajstić information content (AvgIpc) is 2.54. The van der Waals surface area contributed by atoms with Gasteiger partial charge in [-0.25, -0.2) is 0 Å². The van der Waals surface area contributed by atoms with Crippen molar-refractivity contribution in [3.05, 3.63) is 53.6 Å². The van der Waals surface area contributed by atoms with Crippen molar-refractivity contribution in [2.45, 2.75) is 6.92 Å². The molecule has 0 fully saturated rings. The molecule has 0 saturated carbocycles. The molecule has 0 aliphatic rings. The summed E-state index contributed by atoms with van der Waals surface area (Å²) in [5.74, 6) is -0.0979. The van der Waals surface area contributed by atoms with Gasteiger partial charge in [-0.1, -0.05) is 6.07 Å². The molecule has 0 saturated heterocycles. The van der Waals surface area contributed by atoms with Gasteiger partial charge < -0.3 is 15.4 Å². The second kappa shape index (κ2) is 7.09. The molecule has 2 rings (SSSR count). The molecule has 0 heterocycles. The van der Waals surface area contributed by atoms with E-state index in [0.717, 1.165) is 0 Å². The van der Waals surface area contributed by atoms with Crippen LogP contribution in [0.5, 0.6) is 5.75 Å². The molecule has 0 aromatic heterocycles. The molecule has 0 aliphatic carbocycles. The van der Waals surface area contributed by atoms with Gasteiger partial charge in [0.2, 0.25) is 5.91 Å². The van der Waals surface area contributed by atoms with Crippen LogP contribution < -0.4 is 15.4 Å². The van der Waals surface area contributed by atoms with E-state index in [1.807, 2.05) is 6.07 Å². The minimum absolute atomic E-state index is 0.242. The van der Waals surface area contributed by atoms with Crippen LogP contribution in [0.1, 0.15) is 22.8 Å². The summed E-state index contributed by atoms with van der Waals surface area (Å²) >= 11 is 0. The van der Waals surface area contributed by atoms with Gasteiger partial charge in [-0.2, -0.15) is 5.26 Å². The molecule has 0 atom stereocenters. The van der Waals surface area contributed by atoms with Crippen LogP contribution in [0.25, 0.3) is 0 Å². The molecular formula is C17H15N3O3. The number of carbonyl (C=O) groups excluding carboxylic acids is 2. The lowest BCUT2D eigenvalue weighted by molar-refractivity contribution is -0.114. The van der Waals surface area contributed by atoms with Crippen LogP contribution >= 0.6 is 0 Å². The van der Waals surface area contributed by atoms with Crippen molar-refractivity contribution >= 4 is 23.2 Å². The first-order chi connectivity index (χ1) is 11.0. The highest BCUT2D eigenvalue weighted by Gasteiger charge is 2.10. The lowest BCUT2D eigenvalue weighted by atomic mass is 10.1. The fourth-order valence-corrected chi connectivity index (χ4v) is 2.01. The van der Waals surface area contributed by atoms with E-state index in [0.29, 0.717) is 28.3 Å². The van der Waals surface area contributed by atoms with E-state index in [2.05, 4.69) is 10.6 Å². The number of rotatable bonds is 4. The SMILES string of the molecule is COc1ccc(NC(=O)c2cccc(C#N)c2)cc1NC(C)=O.